The summed E-state index contributed by atoms with van der Waals surface area (Å²) in [6, 6.07) is 15.5. The summed E-state index contributed by atoms with van der Waals surface area (Å²) < 4.78 is 39.1. The molecule has 106 valence electrons. The molecule has 1 heterocycles. The van der Waals surface area contributed by atoms with Crippen LogP contribution in [0.25, 0.3) is 22.0 Å². The smallest absolute Gasteiger partial charge is 0.243 e. The first kappa shape index (κ1) is 13.6. The molecule has 0 N–H and O–H groups in total. The molecule has 0 aliphatic rings. The van der Waals surface area contributed by atoms with E-state index >= 15 is 0 Å². The Hall–Kier alpha value is -2.36. The molecule has 3 aromatic rings. The maximum atomic E-state index is 13.0. The molecule has 21 heavy (non-hydrogen) atoms. The third-order valence-electron chi connectivity index (χ3n) is 3.34. The van der Waals surface area contributed by atoms with Crippen molar-refractivity contribution in [2.24, 2.45) is 0 Å². The molecule has 0 spiro atoms. The van der Waals surface area contributed by atoms with Crippen molar-refractivity contribution < 1.29 is 13.2 Å². The van der Waals surface area contributed by atoms with E-state index < -0.39 is 11.9 Å². The van der Waals surface area contributed by atoms with Crippen LogP contribution < -0.4 is 0 Å². The fourth-order valence-corrected chi connectivity index (χ4v) is 2.37. The first-order valence-corrected chi connectivity index (χ1v) is 6.49. The topological polar surface area (TPSA) is 12.9 Å². The summed E-state index contributed by atoms with van der Waals surface area (Å²) in [6.07, 6.45) is -4.46. The fraction of sp³-hybridized carbons (Fsp3) is 0.118. The molecule has 0 saturated heterocycles. The van der Waals surface area contributed by atoms with Gasteiger partial charge in [-0.1, -0.05) is 48.0 Å². The Morgan fingerprint density at radius 3 is 2.38 bits per heavy atom. The molecule has 3 rings (SSSR count). The molecule has 4 heteroatoms. The molecule has 0 amide bonds. The van der Waals surface area contributed by atoms with Crippen molar-refractivity contribution in [3.63, 3.8) is 0 Å². The first-order chi connectivity index (χ1) is 9.95. The predicted octanol–water partition coefficient (Wildman–Crippen LogP) is 5.23. The highest BCUT2D eigenvalue weighted by molar-refractivity contribution is 5.94. The van der Waals surface area contributed by atoms with Crippen LogP contribution in [-0.2, 0) is 6.18 Å². The minimum absolute atomic E-state index is 0.351. The molecule has 2 aromatic carbocycles. The number of hydrogen-bond donors (Lipinski definition) is 0. The van der Waals surface area contributed by atoms with Crippen LogP contribution in [0, 0.1) is 6.92 Å². The summed E-state index contributed by atoms with van der Waals surface area (Å²) in [5.41, 5.74) is 1.80. The summed E-state index contributed by atoms with van der Waals surface area (Å²) in [4.78, 5) is 3.73. The predicted molar refractivity (Wildman–Crippen MR) is 76.9 cm³/mol. The van der Waals surface area contributed by atoms with Gasteiger partial charge in [-0.25, -0.2) is 4.98 Å². The molecule has 0 saturated carbocycles. The minimum atomic E-state index is -4.46. The monoisotopic (exact) mass is 287 g/mol. The lowest BCUT2D eigenvalue weighted by Gasteiger charge is -2.12. The Labute approximate surface area is 120 Å². The largest absolute Gasteiger partial charge is 0.433 e. The molecule has 0 bridgehead atoms. The Morgan fingerprint density at radius 1 is 0.905 bits per heavy atom. The third-order valence-corrected chi connectivity index (χ3v) is 3.34. The van der Waals surface area contributed by atoms with Crippen molar-refractivity contribution in [1.29, 1.82) is 0 Å². The summed E-state index contributed by atoms with van der Waals surface area (Å²) in [7, 11) is 0. The van der Waals surface area contributed by atoms with Gasteiger partial charge in [0.2, 0.25) is 0 Å². The van der Waals surface area contributed by atoms with E-state index in [0.29, 0.717) is 11.1 Å². The molecule has 0 unspecified atom stereocenters. The van der Waals surface area contributed by atoms with Gasteiger partial charge in [0.05, 0.1) is 5.52 Å². The highest BCUT2D eigenvalue weighted by Crippen LogP contribution is 2.35. The molecular formula is C17H12F3N. The zero-order valence-corrected chi connectivity index (χ0v) is 11.3. The van der Waals surface area contributed by atoms with Crippen LogP contribution in [0.15, 0.2) is 54.6 Å². The van der Waals surface area contributed by atoms with Gasteiger partial charge in [-0.2, -0.15) is 13.2 Å². The molecule has 0 aliphatic heterocycles. The van der Waals surface area contributed by atoms with E-state index in [-0.39, 0.29) is 0 Å². The average Bonchev–Trinajstić information content (AvgIpc) is 2.45. The van der Waals surface area contributed by atoms with Gasteiger partial charge in [-0.05, 0) is 30.2 Å². The van der Waals surface area contributed by atoms with Gasteiger partial charge in [0.25, 0.3) is 0 Å². The van der Waals surface area contributed by atoms with Gasteiger partial charge in [-0.3, -0.25) is 0 Å². The average molecular weight is 287 g/mol. The van der Waals surface area contributed by atoms with Crippen molar-refractivity contribution >= 4 is 10.9 Å². The van der Waals surface area contributed by atoms with Crippen molar-refractivity contribution in [2.75, 3.05) is 0 Å². The van der Waals surface area contributed by atoms with E-state index in [9.17, 15) is 13.2 Å². The second kappa shape index (κ2) is 4.88. The normalized spacial score (nSPS) is 11.8. The number of aromatic nitrogens is 1. The number of halogens is 3. The van der Waals surface area contributed by atoms with Gasteiger partial charge in [0.1, 0.15) is 5.69 Å². The fourth-order valence-electron chi connectivity index (χ4n) is 2.37. The first-order valence-electron chi connectivity index (χ1n) is 6.49. The summed E-state index contributed by atoms with van der Waals surface area (Å²) in [6.45, 7) is 1.91. The lowest BCUT2D eigenvalue weighted by Crippen LogP contribution is -2.08. The van der Waals surface area contributed by atoms with Crippen molar-refractivity contribution in [1.82, 2.24) is 4.98 Å². The minimum Gasteiger partial charge on any atom is -0.243 e. The van der Waals surface area contributed by atoms with Gasteiger partial charge in [-0.15, -0.1) is 0 Å². The number of nitrogens with zero attached hydrogens (tertiary/aromatic N) is 1. The Morgan fingerprint density at radius 2 is 1.67 bits per heavy atom. The van der Waals surface area contributed by atoms with Crippen LogP contribution in [0.3, 0.4) is 0 Å². The standard InChI is InChI=1S/C17H12F3N/c1-11-5-4-6-12(9-11)14-10-16(17(18,19)20)21-15-8-3-2-7-13(14)15/h2-10H,1H3. The molecule has 1 nitrogen and oxygen atoms in total. The van der Waals surface area contributed by atoms with Crippen molar-refractivity contribution in [3.05, 3.63) is 65.9 Å². The van der Waals surface area contributed by atoms with Crippen molar-refractivity contribution in [2.45, 2.75) is 13.1 Å². The molecule has 0 radical (unpaired) electrons. The van der Waals surface area contributed by atoms with Crippen LogP contribution >= 0.6 is 0 Å². The number of aryl methyl sites for hydroxylation is 1. The second-order valence-electron chi connectivity index (χ2n) is 4.94. The van der Waals surface area contributed by atoms with Gasteiger partial charge in [0, 0.05) is 5.39 Å². The number of rotatable bonds is 1. The number of benzene rings is 2. The summed E-state index contributed by atoms with van der Waals surface area (Å²) in [5, 5.41) is 0.719. The molecule has 0 atom stereocenters. The van der Waals surface area contributed by atoms with Crippen LogP contribution in [0.5, 0.6) is 0 Å². The molecule has 0 fully saturated rings. The number of fused-ring (bicyclic) bond motifs is 1. The Kier molecular flexibility index (Phi) is 3.16. The van der Waals surface area contributed by atoms with Gasteiger partial charge < -0.3 is 0 Å². The van der Waals surface area contributed by atoms with Crippen molar-refractivity contribution in [3.8, 4) is 11.1 Å². The lowest BCUT2D eigenvalue weighted by molar-refractivity contribution is -0.140. The highest BCUT2D eigenvalue weighted by atomic mass is 19.4. The zero-order chi connectivity index (χ0) is 15.0. The summed E-state index contributed by atoms with van der Waals surface area (Å²) >= 11 is 0. The summed E-state index contributed by atoms with van der Waals surface area (Å²) in [5.74, 6) is 0. The van der Waals surface area contributed by atoms with E-state index in [2.05, 4.69) is 4.98 Å². The quantitative estimate of drug-likeness (QED) is 0.597. The van der Waals surface area contributed by atoms with E-state index in [1.54, 1.807) is 24.3 Å². The lowest BCUT2D eigenvalue weighted by atomic mass is 9.98. The highest BCUT2D eigenvalue weighted by Gasteiger charge is 2.33. The zero-order valence-electron chi connectivity index (χ0n) is 11.3. The SMILES string of the molecule is Cc1cccc(-c2cc(C(F)(F)F)nc3ccccc23)c1. The number of alkyl halides is 3. The van der Waals surface area contributed by atoms with Crippen LogP contribution in [0.2, 0.25) is 0 Å². The van der Waals surface area contributed by atoms with E-state index in [0.717, 1.165) is 22.6 Å². The van der Waals surface area contributed by atoms with Crippen LogP contribution in [0.4, 0.5) is 13.2 Å². The van der Waals surface area contributed by atoms with E-state index in [4.69, 9.17) is 0 Å². The van der Waals surface area contributed by atoms with Gasteiger partial charge in [0.15, 0.2) is 0 Å². The Bertz CT molecular complexity index is 806. The molecule has 1 aromatic heterocycles. The third kappa shape index (κ3) is 2.61. The maximum Gasteiger partial charge on any atom is 0.433 e. The number of para-hydroxylation sites is 1. The maximum absolute atomic E-state index is 13.0. The number of pyridine rings is 1. The van der Waals surface area contributed by atoms with Gasteiger partial charge >= 0.3 is 6.18 Å². The van der Waals surface area contributed by atoms with Crippen LogP contribution in [0.1, 0.15) is 11.3 Å². The molecule has 0 aliphatic carbocycles. The van der Waals surface area contributed by atoms with E-state index in [1.165, 1.54) is 0 Å². The number of hydrogen-bond acceptors (Lipinski definition) is 1. The van der Waals surface area contributed by atoms with Crippen LogP contribution in [-0.4, -0.2) is 4.98 Å². The second-order valence-corrected chi connectivity index (χ2v) is 4.94. The Balaban J connectivity index is 2.34. The molecular weight excluding hydrogens is 275 g/mol. The van der Waals surface area contributed by atoms with E-state index in [1.807, 2.05) is 31.2 Å².